The molecule has 2 N–H and O–H groups in total. The van der Waals surface area contributed by atoms with Crippen LogP contribution >= 0.6 is 11.3 Å². The maximum Gasteiger partial charge on any atom is 0.229 e. The molecule has 1 aliphatic rings. The molecule has 0 radical (unpaired) electrons. The number of carbonyl (C=O) groups is 1. The molecule has 1 aliphatic heterocycles. The van der Waals surface area contributed by atoms with Gasteiger partial charge in [-0.05, 0) is 18.1 Å². The van der Waals surface area contributed by atoms with Gasteiger partial charge in [0, 0.05) is 24.2 Å². The Kier molecular flexibility index (Phi) is 3.80. The van der Waals surface area contributed by atoms with Crippen LogP contribution in [0.5, 0.6) is 0 Å². The van der Waals surface area contributed by atoms with Crippen molar-refractivity contribution in [1.82, 2.24) is 15.6 Å². The lowest BCUT2D eigenvalue weighted by molar-refractivity contribution is -0.122. The second kappa shape index (κ2) is 5.73. The third kappa shape index (κ3) is 2.73. The maximum atomic E-state index is 12.4. The van der Waals surface area contributed by atoms with Crippen LogP contribution in [0.15, 0.2) is 30.5 Å². The number of nitrogens with one attached hydrogen (secondary N) is 2. The van der Waals surface area contributed by atoms with E-state index >= 15 is 0 Å². The summed E-state index contributed by atoms with van der Waals surface area (Å²) in [6.45, 7) is 4.07. The Morgan fingerprint density at radius 3 is 3.15 bits per heavy atom. The van der Waals surface area contributed by atoms with Gasteiger partial charge in [0.25, 0.3) is 0 Å². The van der Waals surface area contributed by atoms with Crippen LogP contribution in [0.4, 0.5) is 0 Å². The van der Waals surface area contributed by atoms with Crippen LogP contribution in [0, 0.1) is 6.92 Å². The van der Waals surface area contributed by atoms with Crippen molar-refractivity contribution >= 4 is 17.2 Å². The molecule has 0 fully saturated rings. The van der Waals surface area contributed by atoms with Crippen molar-refractivity contribution in [3.63, 3.8) is 0 Å². The Morgan fingerprint density at radius 1 is 1.50 bits per heavy atom. The summed E-state index contributed by atoms with van der Waals surface area (Å²) in [4.78, 5) is 17.7. The van der Waals surface area contributed by atoms with E-state index in [-0.39, 0.29) is 11.8 Å². The van der Waals surface area contributed by atoms with Gasteiger partial charge in [-0.1, -0.05) is 24.3 Å². The maximum absolute atomic E-state index is 12.4. The average molecular weight is 287 g/mol. The molecule has 1 unspecified atom stereocenters. The molecule has 1 atom stereocenters. The van der Waals surface area contributed by atoms with E-state index in [0.717, 1.165) is 22.0 Å². The molecule has 104 valence electrons. The summed E-state index contributed by atoms with van der Waals surface area (Å²) >= 11 is 1.62. The highest BCUT2D eigenvalue weighted by molar-refractivity contribution is 7.11. The molecule has 0 aliphatic carbocycles. The number of benzene rings is 1. The van der Waals surface area contributed by atoms with E-state index in [1.807, 2.05) is 25.3 Å². The van der Waals surface area contributed by atoms with Crippen LogP contribution in [0.3, 0.4) is 0 Å². The number of hydrogen-bond donors (Lipinski definition) is 2. The van der Waals surface area contributed by atoms with Gasteiger partial charge in [0.05, 0.1) is 17.5 Å². The SMILES string of the molecule is Cc1ncc(CNC(=O)C2CNCc3ccccc32)s1. The largest absolute Gasteiger partial charge is 0.351 e. The third-order valence-corrected chi connectivity index (χ3v) is 4.43. The Labute approximate surface area is 122 Å². The second-order valence-electron chi connectivity index (χ2n) is 4.95. The number of aromatic nitrogens is 1. The lowest BCUT2D eigenvalue weighted by Crippen LogP contribution is -2.38. The molecule has 0 spiro atoms. The number of rotatable bonds is 3. The molecule has 20 heavy (non-hydrogen) atoms. The first-order valence-corrected chi connectivity index (χ1v) is 7.53. The van der Waals surface area contributed by atoms with Gasteiger partial charge >= 0.3 is 0 Å². The Hall–Kier alpha value is -1.72. The fraction of sp³-hybridized carbons (Fsp3) is 0.333. The third-order valence-electron chi connectivity index (χ3n) is 3.52. The smallest absolute Gasteiger partial charge is 0.229 e. The highest BCUT2D eigenvalue weighted by Gasteiger charge is 2.25. The number of thiazole rings is 1. The van der Waals surface area contributed by atoms with Crippen molar-refractivity contribution in [3.05, 3.63) is 51.5 Å². The minimum absolute atomic E-state index is 0.0794. The zero-order valence-electron chi connectivity index (χ0n) is 11.3. The van der Waals surface area contributed by atoms with E-state index in [1.165, 1.54) is 5.56 Å². The van der Waals surface area contributed by atoms with Gasteiger partial charge in [0.15, 0.2) is 0 Å². The van der Waals surface area contributed by atoms with Crippen molar-refractivity contribution < 1.29 is 4.79 Å². The molecule has 1 aromatic heterocycles. The van der Waals surface area contributed by atoms with Crippen LogP contribution < -0.4 is 10.6 Å². The first-order valence-electron chi connectivity index (χ1n) is 6.71. The first kappa shape index (κ1) is 13.3. The summed E-state index contributed by atoms with van der Waals surface area (Å²) in [7, 11) is 0. The Bertz CT molecular complexity index is 623. The van der Waals surface area contributed by atoms with Crippen LogP contribution in [0.25, 0.3) is 0 Å². The average Bonchev–Trinajstić information content (AvgIpc) is 2.90. The summed E-state index contributed by atoms with van der Waals surface area (Å²) in [5, 5.41) is 7.34. The van der Waals surface area contributed by atoms with Crippen molar-refractivity contribution in [2.75, 3.05) is 6.54 Å². The first-order chi connectivity index (χ1) is 9.74. The van der Waals surface area contributed by atoms with Crippen molar-refractivity contribution in [2.24, 2.45) is 0 Å². The van der Waals surface area contributed by atoms with E-state index < -0.39 is 0 Å². The van der Waals surface area contributed by atoms with Crippen LogP contribution in [-0.4, -0.2) is 17.4 Å². The summed E-state index contributed by atoms with van der Waals surface area (Å²) in [5.41, 5.74) is 2.36. The van der Waals surface area contributed by atoms with Crippen LogP contribution in [-0.2, 0) is 17.9 Å². The number of aryl methyl sites for hydroxylation is 1. The highest BCUT2D eigenvalue weighted by Crippen LogP contribution is 2.24. The molecular weight excluding hydrogens is 270 g/mol. The standard InChI is InChI=1S/C15H17N3OS/c1-10-17-7-12(20-10)8-18-15(19)14-9-16-6-11-4-2-3-5-13(11)14/h2-5,7,14,16H,6,8-9H2,1H3,(H,18,19). The normalized spacial score (nSPS) is 17.6. The molecule has 1 amide bonds. The van der Waals surface area contributed by atoms with Gasteiger partial charge in [-0.2, -0.15) is 0 Å². The minimum Gasteiger partial charge on any atom is -0.351 e. The van der Waals surface area contributed by atoms with Crippen molar-refractivity contribution in [3.8, 4) is 0 Å². The van der Waals surface area contributed by atoms with Gasteiger partial charge in [-0.25, -0.2) is 4.98 Å². The van der Waals surface area contributed by atoms with E-state index in [4.69, 9.17) is 0 Å². The lowest BCUT2D eigenvalue weighted by Gasteiger charge is -2.25. The summed E-state index contributed by atoms with van der Waals surface area (Å²) < 4.78 is 0. The predicted molar refractivity (Wildman–Crippen MR) is 79.6 cm³/mol. The van der Waals surface area contributed by atoms with Crippen molar-refractivity contribution in [1.29, 1.82) is 0 Å². The zero-order valence-corrected chi connectivity index (χ0v) is 12.2. The predicted octanol–water partition coefficient (Wildman–Crippen LogP) is 1.95. The Balaban J connectivity index is 1.69. The topological polar surface area (TPSA) is 54.0 Å². The molecule has 0 saturated carbocycles. The van der Waals surface area contributed by atoms with Crippen molar-refractivity contribution in [2.45, 2.75) is 25.9 Å². The summed E-state index contributed by atoms with van der Waals surface area (Å²) in [6, 6.07) is 8.14. The van der Waals surface area contributed by atoms with E-state index in [9.17, 15) is 4.79 Å². The molecule has 3 rings (SSSR count). The molecular formula is C15H17N3OS. The van der Waals surface area contributed by atoms with Gasteiger partial charge in [0.1, 0.15) is 0 Å². The molecule has 5 heteroatoms. The molecule has 4 nitrogen and oxygen atoms in total. The number of amides is 1. The van der Waals surface area contributed by atoms with Crippen LogP contribution in [0.1, 0.15) is 26.9 Å². The quantitative estimate of drug-likeness (QED) is 0.907. The second-order valence-corrected chi connectivity index (χ2v) is 6.27. The van der Waals surface area contributed by atoms with E-state index in [1.54, 1.807) is 11.3 Å². The fourth-order valence-corrected chi connectivity index (χ4v) is 3.25. The Morgan fingerprint density at radius 2 is 2.35 bits per heavy atom. The monoisotopic (exact) mass is 287 g/mol. The summed E-state index contributed by atoms with van der Waals surface area (Å²) in [6.07, 6.45) is 1.83. The number of carbonyl (C=O) groups excluding carboxylic acids is 1. The summed E-state index contributed by atoms with van der Waals surface area (Å²) in [5.74, 6) is -0.0235. The lowest BCUT2D eigenvalue weighted by atomic mass is 9.90. The number of hydrogen-bond acceptors (Lipinski definition) is 4. The molecule has 0 saturated heterocycles. The van der Waals surface area contributed by atoms with E-state index in [0.29, 0.717) is 13.1 Å². The number of nitrogens with zero attached hydrogens (tertiary/aromatic N) is 1. The van der Waals surface area contributed by atoms with Gasteiger partial charge < -0.3 is 10.6 Å². The van der Waals surface area contributed by atoms with Gasteiger partial charge in [-0.15, -0.1) is 11.3 Å². The van der Waals surface area contributed by atoms with Gasteiger partial charge in [0.2, 0.25) is 5.91 Å². The zero-order chi connectivity index (χ0) is 13.9. The number of fused-ring (bicyclic) bond motifs is 1. The molecule has 2 aromatic rings. The highest BCUT2D eigenvalue weighted by atomic mass is 32.1. The minimum atomic E-state index is -0.103. The molecule has 1 aromatic carbocycles. The van der Waals surface area contributed by atoms with Crippen LogP contribution in [0.2, 0.25) is 0 Å². The van der Waals surface area contributed by atoms with Gasteiger partial charge in [-0.3, -0.25) is 4.79 Å². The fourth-order valence-electron chi connectivity index (χ4n) is 2.51. The molecule has 2 heterocycles. The van der Waals surface area contributed by atoms with E-state index in [2.05, 4.69) is 27.8 Å². The molecule has 0 bridgehead atoms.